The van der Waals surface area contributed by atoms with Gasteiger partial charge in [0.1, 0.15) is 17.2 Å². The third-order valence-corrected chi connectivity index (χ3v) is 4.78. The summed E-state index contributed by atoms with van der Waals surface area (Å²) in [5.41, 5.74) is 0.209. The molecule has 0 fully saturated rings. The third kappa shape index (κ3) is 5.51. The first-order valence-electron chi connectivity index (χ1n) is 8.55. The van der Waals surface area contributed by atoms with Gasteiger partial charge in [-0.3, -0.25) is 0 Å². The lowest BCUT2D eigenvalue weighted by Crippen LogP contribution is -2.40. The van der Waals surface area contributed by atoms with Crippen LogP contribution in [-0.4, -0.2) is 30.7 Å². The molecule has 7 heteroatoms. The van der Waals surface area contributed by atoms with Crippen LogP contribution >= 0.6 is 11.3 Å². The van der Waals surface area contributed by atoms with Gasteiger partial charge in [-0.1, -0.05) is 13.0 Å². The standard InChI is InChI=1S/C19H25F2N3OS/c1-4-22-18(24-12-19(3,25)14-7-8-26-11-14)23-10-13(2)16-6-5-15(20)9-17(16)21/h5-9,11,13,25H,4,10,12H2,1-3H3,(H2,22,23,24). The van der Waals surface area contributed by atoms with Gasteiger partial charge in [0.05, 0.1) is 6.54 Å². The number of halogens is 2. The topological polar surface area (TPSA) is 56.7 Å². The van der Waals surface area contributed by atoms with Crippen LogP contribution in [0.1, 0.15) is 37.8 Å². The number of hydrogen-bond acceptors (Lipinski definition) is 3. The Morgan fingerprint density at radius 2 is 2.08 bits per heavy atom. The lowest BCUT2D eigenvalue weighted by molar-refractivity contribution is 0.0677. The number of rotatable bonds is 7. The van der Waals surface area contributed by atoms with E-state index in [1.165, 1.54) is 23.5 Å². The second-order valence-electron chi connectivity index (χ2n) is 6.43. The first-order chi connectivity index (χ1) is 12.3. The number of benzene rings is 1. The van der Waals surface area contributed by atoms with Crippen LogP contribution in [0.2, 0.25) is 0 Å². The monoisotopic (exact) mass is 381 g/mol. The molecule has 0 saturated heterocycles. The molecular formula is C19H25F2N3OS. The fraction of sp³-hybridized carbons (Fsp3) is 0.421. The molecule has 0 bridgehead atoms. The highest BCUT2D eigenvalue weighted by Crippen LogP contribution is 2.23. The van der Waals surface area contributed by atoms with Crippen LogP contribution in [-0.2, 0) is 5.60 Å². The number of hydrogen-bond donors (Lipinski definition) is 3. The van der Waals surface area contributed by atoms with E-state index >= 15 is 0 Å². The van der Waals surface area contributed by atoms with Crippen LogP contribution in [0.15, 0.2) is 40.0 Å². The number of thiophene rings is 1. The fourth-order valence-electron chi connectivity index (χ4n) is 2.50. The van der Waals surface area contributed by atoms with Gasteiger partial charge in [0, 0.05) is 25.1 Å². The molecular weight excluding hydrogens is 356 g/mol. The summed E-state index contributed by atoms with van der Waals surface area (Å²) in [6.07, 6.45) is 0. The van der Waals surface area contributed by atoms with Crippen LogP contribution in [0.4, 0.5) is 8.78 Å². The Morgan fingerprint density at radius 1 is 1.31 bits per heavy atom. The number of aliphatic hydroxyl groups is 1. The average molecular weight is 381 g/mol. The third-order valence-electron chi connectivity index (χ3n) is 4.10. The van der Waals surface area contributed by atoms with E-state index in [-0.39, 0.29) is 12.5 Å². The lowest BCUT2D eigenvalue weighted by atomic mass is 10.00. The zero-order chi connectivity index (χ0) is 19.2. The second-order valence-corrected chi connectivity index (χ2v) is 7.21. The van der Waals surface area contributed by atoms with E-state index < -0.39 is 17.2 Å². The van der Waals surface area contributed by atoms with Gasteiger partial charge in [-0.2, -0.15) is 11.3 Å². The number of aliphatic imine (C=N–C) groups is 1. The lowest BCUT2D eigenvalue weighted by Gasteiger charge is -2.22. The van der Waals surface area contributed by atoms with Crippen molar-refractivity contribution in [3.63, 3.8) is 0 Å². The predicted octanol–water partition coefficient (Wildman–Crippen LogP) is 3.59. The van der Waals surface area contributed by atoms with Crippen LogP contribution in [0.25, 0.3) is 0 Å². The van der Waals surface area contributed by atoms with Gasteiger partial charge in [0.25, 0.3) is 0 Å². The molecule has 3 N–H and O–H groups in total. The Balaban J connectivity index is 2.01. The molecule has 1 aromatic carbocycles. The van der Waals surface area contributed by atoms with E-state index in [0.29, 0.717) is 24.6 Å². The molecule has 2 unspecified atom stereocenters. The Morgan fingerprint density at radius 3 is 2.69 bits per heavy atom. The summed E-state index contributed by atoms with van der Waals surface area (Å²) < 4.78 is 26.9. The molecule has 0 aliphatic rings. The molecule has 2 rings (SSSR count). The molecule has 2 aromatic rings. The molecule has 1 aromatic heterocycles. The first kappa shape index (κ1) is 20.3. The van der Waals surface area contributed by atoms with Crippen molar-refractivity contribution in [3.8, 4) is 0 Å². The summed E-state index contributed by atoms with van der Waals surface area (Å²) in [6.45, 7) is 6.80. The van der Waals surface area contributed by atoms with Crippen molar-refractivity contribution in [2.45, 2.75) is 32.3 Å². The minimum Gasteiger partial charge on any atom is -0.383 e. The average Bonchev–Trinajstić information content (AvgIpc) is 3.12. The van der Waals surface area contributed by atoms with Crippen molar-refractivity contribution in [2.24, 2.45) is 4.99 Å². The van der Waals surface area contributed by atoms with Gasteiger partial charge in [-0.15, -0.1) is 0 Å². The number of nitrogens with zero attached hydrogens (tertiary/aromatic N) is 1. The van der Waals surface area contributed by atoms with Crippen molar-refractivity contribution in [2.75, 3.05) is 19.6 Å². The smallest absolute Gasteiger partial charge is 0.191 e. The van der Waals surface area contributed by atoms with Crippen LogP contribution < -0.4 is 10.6 Å². The van der Waals surface area contributed by atoms with Crippen molar-refractivity contribution in [3.05, 3.63) is 57.8 Å². The molecule has 1 heterocycles. The molecule has 142 valence electrons. The summed E-state index contributed by atoms with van der Waals surface area (Å²) in [6, 6.07) is 5.48. The predicted molar refractivity (Wildman–Crippen MR) is 103 cm³/mol. The molecule has 0 radical (unpaired) electrons. The van der Waals surface area contributed by atoms with Gasteiger partial charge in [-0.25, -0.2) is 13.8 Å². The van der Waals surface area contributed by atoms with Gasteiger partial charge >= 0.3 is 0 Å². The minimum atomic E-state index is -1.06. The molecule has 2 atom stereocenters. The molecule has 0 spiro atoms. The maximum atomic E-state index is 13.9. The molecule has 26 heavy (non-hydrogen) atoms. The largest absolute Gasteiger partial charge is 0.383 e. The summed E-state index contributed by atoms with van der Waals surface area (Å²) in [7, 11) is 0. The summed E-state index contributed by atoms with van der Waals surface area (Å²) in [5.74, 6) is -0.771. The summed E-state index contributed by atoms with van der Waals surface area (Å²) >= 11 is 1.52. The Bertz CT molecular complexity index is 732. The van der Waals surface area contributed by atoms with Crippen molar-refractivity contribution >= 4 is 17.3 Å². The van der Waals surface area contributed by atoms with E-state index in [1.54, 1.807) is 6.92 Å². The highest BCUT2D eigenvalue weighted by atomic mass is 32.1. The Kier molecular flexibility index (Phi) is 7.11. The molecule has 0 amide bonds. The normalized spacial score (nSPS) is 15.4. The van der Waals surface area contributed by atoms with Gasteiger partial charge < -0.3 is 15.7 Å². The highest BCUT2D eigenvalue weighted by Gasteiger charge is 2.23. The molecule has 0 aliphatic heterocycles. The van der Waals surface area contributed by atoms with Crippen molar-refractivity contribution in [1.82, 2.24) is 10.6 Å². The fourth-order valence-corrected chi connectivity index (χ4v) is 3.28. The minimum absolute atomic E-state index is 0.170. The second kappa shape index (κ2) is 9.09. The zero-order valence-electron chi connectivity index (χ0n) is 15.2. The first-order valence-corrected chi connectivity index (χ1v) is 9.50. The number of nitrogens with one attached hydrogen (secondary N) is 2. The number of guanidine groups is 1. The van der Waals surface area contributed by atoms with Gasteiger partial charge in [0.15, 0.2) is 5.96 Å². The van der Waals surface area contributed by atoms with Crippen LogP contribution in [0.3, 0.4) is 0 Å². The molecule has 0 saturated carbocycles. The van der Waals surface area contributed by atoms with E-state index in [0.717, 1.165) is 11.6 Å². The molecule has 4 nitrogen and oxygen atoms in total. The Labute approximate surface area is 157 Å². The quantitative estimate of drug-likeness (QED) is 0.507. The van der Waals surface area contributed by atoms with Gasteiger partial charge in [0.2, 0.25) is 0 Å². The summed E-state index contributed by atoms with van der Waals surface area (Å²) in [4.78, 5) is 4.44. The van der Waals surface area contributed by atoms with E-state index in [2.05, 4.69) is 15.6 Å². The van der Waals surface area contributed by atoms with Crippen LogP contribution in [0.5, 0.6) is 0 Å². The SMILES string of the molecule is CCNC(=NCC(C)(O)c1ccsc1)NCC(C)c1ccc(F)cc1F. The van der Waals surface area contributed by atoms with E-state index in [4.69, 9.17) is 0 Å². The summed E-state index contributed by atoms with van der Waals surface area (Å²) in [5, 5.41) is 20.6. The maximum Gasteiger partial charge on any atom is 0.191 e. The van der Waals surface area contributed by atoms with Crippen molar-refractivity contribution in [1.29, 1.82) is 0 Å². The van der Waals surface area contributed by atoms with Crippen molar-refractivity contribution < 1.29 is 13.9 Å². The zero-order valence-corrected chi connectivity index (χ0v) is 16.0. The molecule has 0 aliphatic carbocycles. The maximum absolute atomic E-state index is 13.9. The van der Waals surface area contributed by atoms with Crippen LogP contribution in [0, 0.1) is 11.6 Å². The van der Waals surface area contributed by atoms with E-state index in [1.807, 2.05) is 30.7 Å². The Hall–Kier alpha value is -1.99. The van der Waals surface area contributed by atoms with Gasteiger partial charge in [-0.05, 0) is 47.9 Å². The van der Waals surface area contributed by atoms with E-state index in [9.17, 15) is 13.9 Å². The highest BCUT2D eigenvalue weighted by molar-refractivity contribution is 7.08.